The van der Waals surface area contributed by atoms with Crippen molar-refractivity contribution in [3.63, 3.8) is 0 Å². The molecule has 0 unspecified atom stereocenters. The molecule has 0 spiro atoms. The summed E-state index contributed by atoms with van der Waals surface area (Å²) in [6.45, 7) is 3.64. The van der Waals surface area contributed by atoms with E-state index in [2.05, 4.69) is 27.9 Å². The maximum absolute atomic E-state index is 12.4. The van der Waals surface area contributed by atoms with Crippen LogP contribution >= 0.6 is 22.6 Å². The maximum Gasteiger partial charge on any atom is 0.255 e. The third-order valence-corrected chi connectivity index (χ3v) is 5.36. The molecule has 4 nitrogen and oxygen atoms in total. The molecule has 1 fully saturated rings. The number of nitrogens with zero attached hydrogens (tertiary/aromatic N) is 1. The summed E-state index contributed by atoms with van der Waals surface area (Å²) in [6, 6.07) is 12.8. The molecule has 24 heavy (non-hydrogen) atoms. The van der Waals surface area contributed by atoms with E-state index in [9.17, 15) is 9.59 Å². The number of amides is 2. The smallest absolute Gasteiger partial charge is 0.255 e. The number of anilines is 1. The summed E-state index contributed by atoms with van der Waals surface area (Å²) >= 11 is 2.22. The Bertz CT molecular complexity index is 783. The van der Waals surface area contributed by atoms with Gasteiger partial charge in [0.2, 0.25) is 0 Å². The molecular weight excluding hydrogens is 415 g/mol. The molecule has 2 amide bonds. The maximum atomic E-state index is 12.4. The first-order valence-corrected chi connectivity index (χ1v) is 9.09. The molecule has 1 saturated heterocycles. The van der Waals surface area contributed by atoms with Gasteiger partial charge >= 0.3 is 0 Å². The number of carbonyl (C=O) groups excluding carboxylic acids is 2. The number of halogens is 1. The van der Waals surface area contributed by atoms with Crippen LogP contribution in [-0.4, -0.2) is 29.8 Å². The summed E-state index contributed by atoms with van der Waals surface area (Å²) in [6.07, 6.45) is 2.13. The van der Waals surface area contributed by atoms with E-state index in [1.807, 2.05) is 30.0 Å². The first-order valence-electron chi connectivity index (χ1n) is 8.01. The van der Waals surface area contributed by atoms with Crippen LogP contribution in [0, 0.1) is 10.5 Å². The first-order chi connectivity index (χ1) is 11.5. The Hall–Kier alpha value is -1.89. The Balaban J connectivity index is 1.75. The largest absolute Gasteiger partial charge is 0.339 e. The number of likely N-dealkylation sites (tertiary alicyclic amines) is 1. The molecule has 0 aliphatic carbocycles. The van der Waals surface area contributed by atoms with Crippen molar-refractivity contribution in [3.05, 3.63) is 62.7 Å². The molecule has 0 atom stereocenters. The van der Waals surface area contributed by atoms with Gasteiger partial charge in [-0.15, -0.1) is 0 Å². The number of rotatable bonds is 3. The average Bonchev–Trinajstić information content (AvgIpc) is 3.11. The molecule has 0 saturated carbocycles. The lowest BCUT2D eigenvalue weighted by atomic mass is 10.1. The van der Waals surface area contributed by atoms with E-state index in [0.717, 1.165) is 35.1 Å². The Morgan fingerprint density at radius 1 is 1.04 bits per heavy atom. The third-order valence-electron chi connectivity index (χ3n) is 4.19. The van der Waals surface area contributed by atoms with E-state index < -0.39 is 0 Å². The Labute approximate surface area is 155 Å². The minimum atomic E-state index is -0.168. The molecule has 1 N–H and O–H groups in total. The summed E-state index contributed by atoms with van der Waals surface area (Å²) in [7, 11) is 0. The highest BCUT2D eigenvalue weighted by atomic mass is 127. The molecule has 0 bridgehead atoms. The van der Waals surface area contributed by atoms with Crippen molar-refractivity contribution in [1.82, 2.24) is 4.90 Å². The number of hydrogen-bond acceptors (Lipinski definition) is 2. The molecule has 124 valence electrons. The van der Waals surface area contributed by atoms with E-state index in [-0.39, 0.29) is 11.8 Å². The highest BCUT2D eigenvalue weighted by molar-refractivity contribution is 14.1. The highest BCUT2D eigenvalue weighted by Crippen LogP contribution is 2.18. The van der Waals surface area contributed by atoms with Crippen LogP contribution in [0.15, 0.2) is 42.5 Å². The second kappa shape index (κ2) is 7.34. The van der Waals surface area contributed by atoms with Gasteiger partial charge in [0.15, 0.2) is 0 Å². The average molecular weight is 434 g/mol. The van der Waals surface area contributed by atoms with E-state index in [1.54, 1.807) is 24.3 Å². The predicted molar refractivity (Wildman–Crippen MR) is 103 cm³/mol. The van der Waals surface area contributed by atoms with Gasteiger partial charge in [0, 0.05) is 33.5 Å². The summed E-state index contributed by atoms with van der Waals surface area (Å²) < 4.78 is 1.05. The zero-order chi connectivity index (χ0) is 17.1. The fraction of sp³-hybridized carbons (Fsp3) is 0.263. The van der Waals surface area contributed by atoms with Gasteiger partial charge in [-0.2, -0.15) is 0 Å². The monoisotopic (exact) mass is 434 g/mol. The van der Waals surface area contributed by atoms with Crippen LogP contribution in [0.4, 0.5) is 5.69 Å². The molecule has 3 rings (SSSR count). The van der Waals surface area contributed by atoms with Crippen LogP contribution in [0.2, 0.25) is 0 Å². The van der Waals surface area contributed by atoms with E-state index in [4.69, 9.17) is 0 Å². The van der Waals surface area contributed by atoms with Gasteiger partial charge in [-0.25, -0.2) is 0 Å². The lowest BCUT2D eigenvalue weighted by Crippen LogP contribution is -2.27. The summed E-state index contributed by atoms with van der Waals surface area (Å²) in [5, 5.41) is 2.88. The zero-order valence-corrected chi connectivity index (χ0v) is 15.7. The second-order valence-corrected chi connectivity index (χ2v) is 7.16. The molecule has 1 aliphatic rings. The van der Waals surface area contributed by atoms with Gasteiger partial charge in [0.1, 0.15) is 0 Å². The number of nitrogens with one attached hydrogen (secondary N) is 1. The van der Waals surface area contributed by atoms with Crippen LogP contribution in [-0.2, 0) is 0 Å². The third kappa shape index (κ3) is 3.77. The van der Waals surface area contributed by atoms with Crippen molar-refractivity contribution < 1.29 is 9.59 Å². The quantitative estimate of drug-likeness (QED) is 0.741. The van der Waals surface area contributed by atoms with Gasteiger partial charge in [0.05, 0.1) is 0 Å². The molecule has 1 heterocycles. The fourth-order valence-corrected chi connectivity index (χ4v) is 3.29. The molecule has 0 aromatic heterocycles. The Morgan fingerprint density at radius 3 is 2.50 bits per heavy atom. The van der Waals surface area contributed by atoms with Crippen molar-refractivity contribution in [2.75, 3.05) is 18.4 Å². The van der Waals surface area contributed by atoms with Crippen molar-refractivity contribution in [1.29, 1.82) is 0 Å². The van der Waals surface area contributed by atoms with Crippen LogP contribution in [0.5, 0.6) is 0 Å². The van der Waals surface area contributed by atoms with Gasteiger partial charge < -0.3 is 10.2 Å². The number of hydrogen-bond donors (Lipinski definition) is 1. The van der Waals surface area contributed by atoms with Crippen LogP contribution in [0.1, 0.15) is 39.1 Å². The lowest BCUT2D eigenvalue weighted by Gasteiger charge is -2.16. The van der Waals surface area contributed by atoms with Crippen molar-refractivity contribution in [2.24, 2.45) is 0 Å². The Kier molecular flexibility index (Phi) is 5.18. The molecular formula is C19H19IN2O2. The summed E-state index contributed by atoms with van der Waals surface area (Å²) in [5.41, 5.74) is 3.01. The standard InChI is InChI=1S/C19H19IN2O2/c1-13-7-8-14(12-17(13)20)18(23)21-16-6-4-5-15(11-16)19(24)22-9-2-3-10-22/h4-8,11-12H,2-3,9-10H2,1H3,(H,21,23). The normalized spacial score (nSPS) is 13.8. The van der Waals surface area contributed by atoms with Crippen molar-refractivity contribution in [2.45, 2.75) is 19.8 Å². The van der Waals surface area contributed by atoms with Gasteiger partial charge in [-0.05, 0) is 78.3 Å². The Morgan fingerprint density at radius 2 is 1.79 bits per heavy atom. The number of aryl methyl sites for hydroxylation is 1. The van der Waals surface area contributed by atoms with Crippen molar-refractivity contribution >= 4 is 40.1 Å². The minimum absolute atomic E-state index is 0.0356. The second-order valence-electron chi connectivity index (χ2n) is 6.00. The summed E-state index contributed by atoms with van der Waals surface area (Å²) in [4.78, 5) is 26.7. The molecule has 2 aromatic carbocycles. The van der Waals surface area contributed by atoms with Crippen LogP contribution in [0.25, 0.3) is 0 Å². The molecule has 2 aromatic rings. The number of carbonyl (C=O) groups is 2. The minimum Gasteiger partial charge on any atom is -0.339 e. The van der Waals surface area contributed by atoms with Gasteiger partial charge in [-0.1, -0.05) is 12.1 Å². The van der Waals surface area contributed by atoms with Gasteiger partial charge in [-0.3, -0.25) is 9.59 Å². The SMILES string of the molecule is Cc1ccc(C(=O)Nc2cccc(C(=O)N3CCCC3)c2)cc1I. The molecule has 5 heteroatoms. The predicted octanol–water partition coefficient (Wildman–Crippen LogP) is 4.09. The highest BCUT2D eigenvalue weighted by Gasteiger charge is 2.19. The van der Waals surface area contributed by atoms with Crippen molar-refractivity contribution in [3.8, 4) is 0 Å². The zero-order valence-electron chi connectivity index (χ0n) is 13.5. The topological polar surface area (TPSA) is 49.4 Å². The molecule has 1 aliphatic heterocycles. The first kappa shape index (κ1) is 17.0. The van der Waals surface area contributed by atoms with E-state index in [1.165, 1.54) is 0 Å². The van der Waals surface area contributed by atoms with Gasteiger partial charge in [0.25, 0.3) is 11.8 Å². The van der Waals surface area contributed by atoms with Crippen LogP contribution < -0.4 is 5.32 Å². The fourth-order valence-electron chi connectivity index (χ4n) is 2.77. The molecule has 0 radical (unpaired) electrons. The summed E-state index contributed by atoms with van der Waals surface area (Å²) in [5.74, 6) is -0.132. The van der Waals surface area contributed by atoms with Crippen LogP contribution in [0.3, 0.4) is 0 Å². The van der Waals surface area contributed by atoms with E-state index >= 15 is 0 Å². The lowest BCUT2D eigenvalue weighted by molar-refractivity contribution is 0.0792. The van der Waals surface area contributed by atoms with E-state index in [0.29, 0.717) is 16.8 Å². The number of benzene rings is 2.